The van der Waals surface area contributed by atoms with Gasteiger partial charge in [0.15, 0.2) is 4.33 Å². The molecule has 7 heteroatoms. The van der Waals surface area contributed by atoms with Crippen molar-refractivity contribution in [3.63, 3.8) is 0 Å². The van der Waals surface area contributed by atoms with E-state index in [1.54, 1.807) is 5.32 Å². The summed E-state index contributed by atoms with van der Waals surface area (Å²) in [4.78, 5) is 31.4. The van der Waals surface area contributed by atoms with Crippen molar-refractivity contribution in [2.24, 2.45) is 5.73 Å². The molecule has 0 saturated carbocycles. The smallest absolute Gasteiger partial charge is 0.315 e. The van der Waals surface area contributed by atoms with E-state index >= 15 is 0 Å². The number of imide groups is 1. The normalized spacial score (nSPS) is 10.6. The molecule has 3 amide bonds. The molecule has 0 fully saturated rings. The zero-order valence-corrected chi connectivity index (χ0v) is 7.57. The van der Waals surface area contributed by atoms with Gasteiger partial charge in [0, 0.05) is 0 Å². The zero-order valence-electron chi connectivity index (χ0n) is 6.06. The lowest BCUT2D eigenvalue weighted by molar-refractivity contribution is -0.140. The minimum atomic E-state index is -1.76. The molecule has 0 radical (unpaired) electrons. The highest BCUT2D eigenvalue weighted by molar-refractivity contribution is 6.59. The van der Waals surface area contributed by atoms with Gasteiger partial charge in [-0.05, 0) is 6.92 Å². The first-order valence-corrected chi connectivity index (χ1v) is 3.53. The van der Waals surface area contributed by atoms with Crippen molar-refractivity contribution in [1.29, 1.82) is 0 Å². The fraction of sp³-hybridized carbons (Fsp3) is 0.400. The van der Waals surface area contributed by atoms with E-state index in [-0.39, 0.29) is 0 Å². The van der Waals surface area contributed by atoms with Crippen molar-refractivity contribution in [1.82, 2.24) is 5.32 Å². The second kappa shape index (κ2) is 3.73. The Hall–Kier alpha value is -0.810. The largest absolute Gasteiger partial charge is 0.361 e. The van der Waals surface area contributed by atoms with Crippen LogP contribution in [-0.2, 0) is 14.4 Å². The van der Waals surface area contributed by atoms with Gasteiger partial charge in [0.25, 0.3) is 5.91 Å². The summed E-state index contributed by atoms with van der Waals surface area (Å²) in [6, 6.07) is 0. The number of alkyl halides is 2. The van der Waals surface area contributed by atoms with Gasteiger partial charge in [-0.3, -0.25) is 19.7 Å². The molecule has 5 nitrogen and oxygen atoms in total. The van der Waals surface area contributed by atoms with Gasteiger partial charge in [0.1, 0.15) is 0 Å². The summed E-state index contributed by atoms with van der Waals surface area (Å²) in [6.07, 6.45) is 0. The van der Waals surface area contributed by atoms with E-state index in [1.165, 1.54) is 0 Å². The molecule has 0 aromatic rings. The summed E-state index contributed by atoms with van der Waals surface area (Å²) in [5.74, 6) is -3.51. The van der Waals surface area contributed by atoms with Crippen molar-refractivity contribution in [3.8, 4) is 0 Å². The fourth-order valence-electron chi connectivity index (χ4n) is 0.274. The van der Waals surface area contributed by atoms with Crippen molar-refractivity contribution in [2.75, 3.05) is 0 Å². The molecule has 12 heavy (non-hydrogen) atoms. The summed E-state index contributed by atoms with van der Waals surface area (Å²) in [6.45, 7) is 1.15. The standard InChI is InChI=1S/C5H6Cl2N2O3/c1-5(6,7)4(12)9-3(11)2(8)10/h1H3,(H2,8,10)(H,9,11,12). The van der Waals surface area contributed by atoms with Crippen LogP contribution in [0.1, 0.15) is 6.92 Å². The fourth-order valence-corrected chi connectivity index (χ4v) is 0.369. The molecule has 0 aliphatic carbocycles. The number of hydrogen-bond acceptors (Lipinski definition) is 3. The van der Waals surface area contributed by atoms with Crippen molar-refractivity contribution >= 4 is 40.9 Å². The van der Waals surface area contributed by atoms with Crippen LogP contribution in [0.4, 0.5) is 0 Å². The first-order valence-electron chi connectivity index (χ1n) is 2.78. The van der Waals surface area contributed by atoms with Crippen LogP contribution in [0.5, 0.6) is 0 Å². The number of halogens is 2. The molecule has 0 spiro atoms. The van der Waals surface area contributed by atoms with Gasteiger partial charge in [0.05, 0.1) is 0 Å². The van der Waals surface area contributed by atoms with Crippen molar-refractivity contribution in [3.05, 3.63) is 0 Å². The highest BCUT2D eigenvalue weighted by Crippen LogP contribution is 2.18. The Kier molecular flexibility index (Phi) is 3.48. The Morgan fingerprint density at radius 3 is 2.00 bits per heavy atom. The van der Waals surface area contributed by atoms with Crippen LogP contribution in [-0.4, -0.2) is 22.1 Å². The number of rotatable bonds is 1. The van der Waals surface area contributed by atoms with Crippen LogP contribution < -0.4 is 11.1 Å². The van der Waals surface area contributed by atoms with E-state index in [0.29, 0.717) is 0 Å². The van der Waals surface area contributed by atoms with E-state index in [2.05, 4.69) is 5.73 Å². The van der Waals surface area contributed by atoms with Crippen molar-refractivity contribution in [2.45, 2.75) is 11.3 Å². The average Bonchev–Trinajstić information content (AvgIpc) is 1.85. The Balaban J connectivity index is 4.21. The van der Waals surface area contributed by atoms with E-state index in [4.69, 9.17) is 23.2 Å². The van der Waals surface area contributed by atoms with Crippen molar-refractivity contribution < 1.29 is 14.4 Å². The predicted octanol–water partition coefficient (Wildman–Crippen LogP) is -0.692. The van der Waals surface area contributed by atoms with Gasteiger partial charge in [0.2, 0.25) is 0 Å². The molecule has 0 aromatic heterocycles. The lowest BCUT2D eigenvalue weighted by atomic mass is 10.4. The average molecular weight is 213 g/mol. The van der Waals surface area contributed by atoms with Crippen LogP contribution >= 0.6 is 23.2 Å². The van der Waals surface area contributed by atoms with E-state index in [1.807, 2.05) is 0 Å². The maximum atomic E-state index is 10.8. The molecule has 0 bridgehead atoms. The zero-order chi connectivity index (χ0) is 9.94. The molecule has 0 heterocycles. The maximum Gasteiger partial charge on any atom is 0.315 e. The number of nitrogens with two attached hydrogens (primary N) is 1. The molecule has 0 unspecified atom stereocenters. The Labute approximate surface area is 78.2 Å². The molecule has 0 saturated heterocycles. The number of carbonyl (C=O) groups is 3. The molecule has 0 aliphatic rings. The SMILES string of the molecule is CC(Cl)(Cl)C(=O)NC(=O)C(N)=O. The minimum absolute atomic E-state index is 0.991. The summed E-state index contributed by atoms with van der Waals surface area (Å²) >= 11 is 10.6. The first kappa shape index (κ1) is 11.2. The molecule has 0 rings (SSSR count). The third-order valence-electron chi connectivity index (χ3n) is 0.850. The number of primary amides is 1. The van der Waals surface area contributed by atoms with Crippen LogP contribution in [0.15, 0.2) is 0 Å². The highest BCUT2D eigenvalue weighted by atomic mass is 35.5. The number of nitrogens with one attached hydrogen (secondary N) is 1. The molecule has 0 aromatic carbocycles. The third-order valence-corrected chi connectivity index (χ3v) is 1.19. The van der Waals surface area contributed by atoms with Gasteiger partial charge in [-0.1, -0.05) is 23.2 Å². The van der Waals surface area contributed by atoms with Crippen LogP contribution in [0.2, 0.25) is 0 Å². The molecule has 3 N–H and O–H groups in total. The lowest BCUT2D eigenvalue weighted by Crippen LogP contribution is -2.45. The number of amides is 3. The Morgan fingerprint density at radius 1 is 1.33 bits per heavy atom. The lowest BCUT2D eigenvalue weighted by Gasteiger charge is -2.10. The third kappa shape index (κ3) is 3.54. The van der Waals surface area contributed by atoms with Crippen LogP contribution in [0.3, 0.4) is 0 Å². The monoisotopic (exact) mass is 212 g/mol. The quantitative estimate of drug-likeness (QED) is 0.446. The van der Waals surface area contributed by atoms with Crippen LogP contribution in [0.25, 0.3) is 0 Å². The van der Waals surface area contributed by atoms with E-state index in [0.717, 1.165) is 6.92 Å². The Bertz CT molecular complexity index is 233. The minimum Gasteiger partial charge on any atom is -0.361 e. The molecule has 0 aliphatic heterocycles. The first-order chi connectivity index (χ1) is 5.25. The van der Waals surface area contributed by atoms with Crippen LogP contribution in [0, 0.1) is 0 Å². The summed E-state index contributed by atoms with van der Waals surface area (Å²) in [5, 5.41) is 1.60. The van der Waals surface area contributed by atoms with Gasteiger partial charge in [-0.2, -0.15) is 0 Å². The van der Waals surface area contributed by atoms with Gasteiger partial charge in [-0.25, -0.2) is 0 Å². The molecule has 0 atom stereocenters. The Morgan fingerprint density at radius 2 is 1.75 bits per heavy atom. The second-order valence-electron chi connectivity index (χ2n) is 2.04. The summed E-state index contributed by atoms with van der Waals surface area (Å²) in [7, 11) is 0. The second-order valence-corrected chi connectivity index (χ2v) is 3.74. The summed E-state index contributed by atoms with van der Waals surface area (Å²) in [5.41, 5.74) is 4.54. The predicted molar refractivity (Wildman–Crippen MR) is 42.5 cm³/mol. The highest BCUT2D eigenvalue weighted by Gasteiger charge is 2.29. The molecular formula is C5H6Cl2N2O3. The van der Waals surface area contributed by atoms with E-state index in [9.17, 15) is 14.4 Å². The summed E-state index contributed by atoms with van der Waals surface area (Å²) < 4.78 is -1.76. The topological polar surface area (TPSA) is 89.3 Å². The number of carbonyl (C=O) groups excluding carboxylic acids is 3. The molecule has 68 valence electrons. The van der Waals surface area contributed by atoms with E-state index < -0.39 is 22.1 Å². The molecular weight excluding hydrogens is 207 g/mol. The number of hydrogen-bond donors (Lipinski definition) is 2. The van der Waals surface area contributed by atoms with Gasteiger partial charge in [-0.15, -0.1) is 0 Å². The van der Waals surface area contributed by atoms with Gasteiger partial charge < -0.3 is 5.73 Å². The van der Waals surface area contributed by atoms with Gasteiger partial charge >= 0.3 is 11.8 Å². The maximum absolute atomic E-state index is 10.8.